The van der Waals surface area contributed by atoms with Crippen LogP contribution in [0.4, 0.5) is 0 Å². The minimum Gasteiger partial charge on any atom is -0.368 e. The van der Waals surface area contributed by atoms with Crippen molar-refractivity contribution < 1.29 is 13.2 Å². The largest absolute Gasteiger partial charge is 0.368 e. The summed E-state index contributed by atoms with van der Waals surface area (Å²) in [6, 6.07) is 5.10. The lowest BCUT2D eigenvalue weighted by molar-refractivity contribution is -0.120. The van der Waals surface area contributed by atoms with Crippen molar-refractivity contribution in [2.45, 2.75) is 37.8 Å². The molecule has 1 aromatic rings. The van der Waals surface area contributed by atoms with Crippen LogP contribution in [-0.2, 0) is 14.8 Å². The Hall–Kier alpha value is -1.44. The second-order valence-electron chi connectivity index (χ2n) is 5.10. The van der Waals surface area contributed by atoms with E-state index < -0.39 is 22.0 Å². The molecule has 2 atom stereocenters. The summed E-state index contributed by atoms with van der Waals surface area (Å²) in [6.45, 7) is 5.25. The molecule has 0 aliphatic heterocycles. The molecule has 1 rings (SSSR count). The molecule has 0 fully saturated rings. The van der Waals surface area contributed by atoms with Crippen molar-refractivity contribution in [1.29, 1.82) is 0 Å². The normalized spacial score (nSPS) is 15.1. The quantitative estimate of drug-likeness (QED) is 0.709. The number of rotatable bonds is 6. The molecule has 0 aliphatic rings. The zero-order valence-electron chi connectivity index (χ0n) is 11.8. The van der Waals surface area contributed by atoms with Crippen LogP contribution < -0.4 is 16.2 Å². The number of carbonyl (C=O) groups excluding carboxylic acids is 1. The van der Waals surface area contributed by atoms with E-state index in [1.807, 2.05) is 6.92 Å². The van der Waals surface area contributed by atoms with Crippen LogP contribution in [-0.4, -0.2) is 20.4 Å². The van der Waals surface area contributed by atoms with Crippen molar-refractivity contribution in [3.8, 4) is 0 Å². The molecule has 1 aromatic carbocycles. The van der Waals surface area contributed by atoms with Crippen LogP contribution in [0.3, 0.4) is 0 Å². The molecule has 7 heteroatoms. The maximum atomic E-state index is 12.2. The van der Waals surface area contributed by atoms with Crippen molar-refractivity contribution in [3.05, 3.63) is 29.8 Å². The molecule has 0 spiro atoms. The Labute approximate surface area is 119 Å². The Kier molecular flexibility index (Phi) is 5.27. The van der Waals surface area contributed by atoms with Crippen LogP contribution in [0.15, 0.2) is 29.2 Å². The first kappa shape index (κ1) is 16.6. The maximum absolute atomic E-state index is 12.2. The number of benzene rings is 1. The molecule has 112 valence electrons. The highest BCUT2D eigenvalue weighted by atomic mass is 32.2. The average Bonchev–Trinajstić information content (AvgIpc) is 2.35. The first-order valence-electron chi connectivity index (χ1n) is 6.32. The SMILES string of the molecule is CC(N)c1ccc(S(=O)(=O)NC(C(N)=O)C(C)C)cc1. The van der Waals surface area contributed by atoms with Crippen LogP contribution in [0.2, 0.25) is 0 Å². The molecule has 0 bridgehead atoms. The molecule has 20 heavy (non-hydrogen) atoms. The van der Waals surface area contributed by atoms with E-state index in [2.05, 4.69) is 4.72 Å². The number of hydrogen-bond acceptors (Lipinski definition) is 4. The predicted molar refractivity (Wildman–Crippen MR) is 77.2 cm³/mol. The molecule has 0 saturated carbocycles. The summed E-state index contributed by atoms with van der Waals surface area (Å²) < 4.78 is 26.7. The molecule has 5 N–H and O–H groups in total. The smallest absolute Gasteiger partial charge is 0.241 e. The number of hydrogen-bond donors (Lipinski definition) is 3. The van der Waals surface area contributed by atoms with E-state index in [0.29, 0.717) is 0 Å². The fraction of sp³-hybridized carbons (Fsp3) is 0.462. The van der Waals surface area contributed by atoms with Crippen molar-refractivity contribution in [2.24, 2.45) is 17.4 Å². The lowest BCUT2D eigenvalue weighted by atomic mass is 10.1. The van der Waals surface area contributed by atoms with Gasteiger partial charge in [-0.15, -0.1) is 0 Å². The van der Waals surface area contributed by atoms with Gasteiger partial charge in [-0.25, -0.2) is 8.42 Å². The molecular weight excluding hydrogens is 278 g/mol. The second-order valence-corrected chi connectivity index (χ2v) is 6.82. The molecule has 0 heterocycles. The third kappa shape index (κ3) is 4.03. The Morgan fingerprint density at radius 1 is 1.15 bits per heavy atom. The van der Waals surface area contributed by atoms with Gasteiger partial charge in [0, 0.05) is 6.04 Å². The molecule has 1 amide bonds. The standard InChI is InChI=1S/C13H21N3O3S/c1-8(2)12(13(15)17)16-20(18,19)11-6-4-10(5-7-11)9(3)14/h4-9,12,16H,14H2,1-3H3,(H2,15,17). The van der Waals surface area contributed by atoms with Gasteiger partial charge in [0.25, 0.3) is 0 Å². The molecule has 6 nitrogen and oxygen atoms in total. The summed E-state index contributed by atoms with van der Waals surface area (Å²) in [5, 5.41) is 0. The second kappa shape index (κ2) is 6.34. The van der Waals surface area contributed by atoms with Gasteiger partial charge in [-0.05, 0) is 30.5 Å². The van der Waals surface area contributed by atoms with Gasteiger partial charge in [-0.2, -0.15) is 4.72 Å². The van der Waals surface area contributed by atoms with Gasteiger partial charge in [0.1, 0.15) is 6.04 Å². The average molecular weight is 299 g/mol. The van der Waals surface area contributed by atoms with Crippen molar-refractivity contribution >= 4 is 15.9 Å². The van der Waals surface area contributed by atoms with Crippen LogP contribution in [0, 0.1) is 5.92 Å². The molecule has 0 aromatic heterocycles. The van der Waals surface area contributed by atoms with E-state index in [4.69, 9.17) is 11.5 Å². The number of nitrogens with one attached hydrogen (secondary N) is 1. The van der Waals surface area contributed by atoms with E-state index >= 15 is 0 Å². The fourth-order valence-corrected chi connectivity index (χ4v) is 3.06. The predicted octanol–water partition coefficient (Wildman–Crippen LogP) is 0.495. The first-order valence-corrected chi connectivity index (χ1v) is 7.80. The first-order chi connectivity index (χ1) is 9.15. The van der Waals surface area contributed by atoms with Gasteiger partial charge in [-0.1, -0.05) is 26.0 Å². The number of nitrogens with two attached hydrogens (primary N) is 2. The highest BCUT2D eigenvalue weighted by molar-refractivity contribution is 7.89. The summed E-state index contributed by atoms with van der Waals surface area (Å²) >= 11 is 0. The summed E-state index contributed by atoms with van der Waals surface area (Å²) in [6.07, 6.45) is 0. The number of amides is 1. The van der Waals surface area contributed by atoms with Crippen LogP contribution in [0.25, 0.3) is 0 Å². The summed E-state index contributed by atoms with van der Waals surface area (Å²) in [5.74, 6) is -0.929. The highest BCUT2D eigenvalue weighted by Crippen LogP contribution is 2.15. The van der Waals surface area contributed by atoms with Crippen molar-refractivity contribution in [3.63, 3.8) is 0 Å². The minimum absolute atomic E-state index is 0.0776. The minimum atomic E-state index is -3.78. The zero-order valence-corrected chi connectivity index (χ0v) is 12.6. The fourth-order valence-electron chi connectivity index (χ4n) is 1.71. The lowest BCUT2D eigenvalue weighted by Crippen LogP contribution is -2.47. The molecule has 2 unspecified atom stereocenters. The van der Waals surface area contributed by atoms with E-state index in [-0.39, 0.29) is 16.9 Å². The third-order valence-electron chi connectivity index (χ3n) is 2.97. The number of sulfonamides is 1. The van der Waals surface area contributed by atoms with E-state index in [1.54, 1.807) is 26.0 Å². The Balaban J connectivity index is 3.01. The summed E-state index contributed by atoms with van der Waals surface area (Å²) in [7, 11) is -3.78. The third-order valence-corrected chi connectivity index (χ3v) is 4.43. The van der Waals surface area contributed by atoms with E-state index in [0.717, 1.165) is 5.56 Å². The van der Waals surface area contributed by atoms with E-state index in [1.165, 1.54) is 12.1 Å². The van der Waals surface area contributed by atoms with Crippen molar-refractivity contribution in [2.75, 3.05) is 0 Å². The van der Waals surface area contributed by atoms with Crippen LogP contribution in [0.1, 0.15) is 32.4 Å². The number of primary amides is 1. The molecular formula is C13H21N3O3S. The molecule has 0 aliphatic carbocycles. The van der Waals surface area contributed by atoms with Gasteiger partial charge in [0.15, 0.2) is 0 Å². The maximum Gasteiger partial charge on any atom is 0.241 e. The van der Waals surface area contributed by atoms with Crippen molar-refractivity contribution in [1.82, 2.24) is 4.72 Å². The topological polar surface area (TPSA) is 115 Å². The zero-order chi connectivity index (χ0) is 15.5. The number of carbonyl (C=O) groups is 1. The Morgan fingerprint density at radius 2 is 1.65 bits per heavy atom. The Bertz CT molecular complexity index is 565. The Morgan fingerprint density at radius 3 is 2.00 bits per heavy atom. The summed E-state index contributed by atoms with van der Waals surface area (Å²) in [5.41, 5.74) is 11.7. The van der Waals surface area contributed by atoms with E-state index in [9.17, 15) is 13.2 Å². The summed E-state index contributed by atoms with van der Waals surface area (Å²) in [4.78, 5) is 11.3. The molecule has 0 radical (unpaired) electrons. The van der Waals surface area contributed by atoms with Crippen LogP contribution in [0.5, 0.6) is 0 Å². The van der Waals surface area contributed by atoms with Gasteiger partial charge < -0.3 is 11.5 Å². The lowest BCUT2D eigenvalue weighted by Gasteiger charge is -2.19. The monoisotopic (exact) mass is 299 g/mol. The van der Waals surface area contributed by atoms with Gasteiger partial charge >= 0.3 is 0 Å². The van der Waals surface area contributed by atoms with Gasteiger partial charge in [-0.3, -0.25) is 4.79 Å². The van der Waals surface area contributed by atoms with Gasteiger partial charge in [0.05, 0.1) is 4.90 Å². The molecule has 0 saturated heterocycles. The van der Waals surface area contributed by atoms with Gasteiger partial charge in [0.2, 0.25) is 15.9 Å². The van der Waals surface area contributed by atoms with Crippen LogP contribution >= 0.6 is 0 Å². The highest BCUT2D eigenvalue weighted by Gasteiger charge is 2.26.